The molecule has 0 saturated heterocycles. The molecule has 0 bridgehead atoms. The van der Waals surface area contributed by atoms with Crippen LogP contribution in [0.5, 0.6) is 0 Å². The average Bonchev–Trinajstić information content (AvgIpc) is 2.44. The maximum atomic E-state index is 9.51. The summed E-state index contributed by atoms with van der Waals surface area (Å²) in [6, 6.07) is 0. The number of aliphatic hydroxyl groups is 1. The van der Waals surface area contributed by atoms with Crippen molar-refractivity contribution in [2.75, 3.05) is 18.6 Å². The molecule has 1 heterocycles. The van der Waals surface area contributed by atoms with E-state index in [-0.39, 0.29) is 12.4 Å². The highest BCUT2D eigenvalue weighted by Gasteiger charge is 2.28. The summed E-state index contributed by atoms with van der Waals surface area (Å²) in [6.45, 7) is 7.80. The minimum Gasteiger partial charge on any atom is -0.394 e. The molecule has 0 spiro atoms. The molecular weight excluding hydrogens is 254 g/mol. The molecule has 0 aliphatic carbocycles. The molecule has 0 aliphatic heterocycles. The minimum absolute atomic E-state index is 0.0120. The molecule has 0 unspecified atom stereocenters. The van der Waals surface area contributed by atoms with Crippen LogP contribution in [0.4, 0.5) is 5.82 Å². The fraction of sp³-hybridized carbons (Fsp3) is 0.643. The van der Waals surface area contributed by atoms with E-state index < -0.39 is 5.54 Å². The summed E-state index contributed by atoms with van der Waals surface area (Å²) in [6.07, 6.45) is 1.50. The maximum Gasteiger partial charge on any atom is 0.162 e. The van der Waals surface area contributed by atoms with Gasteiger partial charge in [0.1, 0.15) is 5.84 Å². The number of nitrogens with zero attached hydrogens (tertiary/aromatic N) is 3. The van der Waals surface area contributed by atoms with Crippen LogP contribution in [-0.4, -0.2) is 40.3 Å². The quantitative estimate of drug-likeness (QED) is 0.535. The number of aromatic nitrogens is 2. The largest absolute Gasteiger partial charge is 0.394 e. The van der Waals surface area contributed by atoms with Gasteiger partial charge in [-0.15, -0.1) is 5.10 Å². The molecule has 0 saturated carbocycles. The molecule has 0 amide bonds. The smallest absolute Gasteiger partial charge is 0.162 e. The molecule has 6 heteroatoms. The van der Waals surface area contributed by atoms with Gasteiger partial charge < -0.3 is 15.7 Å². The van der Waals surface area contributed by atoms with Crippen molar-refractivity contribution in [2.45, 2.75) is 46.1 Å². The van der Waals surface area contributed by atoms with Crippen molar-refractivity contribution in [3.63, 3.8) is 0 Å². The van der Waals surface area contributed by atoms with E-state index in [1.54, 1.807) is 0 Å². The third-order valence-corrected chi connectivity index (χ3v) is 3.71. The molecule has 0 aromatic carbocycles. The third kappa shape index (κ3) is 2.90. The number of amidine groups is 1. The number of nitrogen functional groups attached to an aromatic ring is 1. The molecule has 112 valence electrons. The molecule has 1 rings (SSSR count). The Bertz CT molecular complexity index is 499. The molecule has 0 aliphatic rings. The Morgan fingerprint density at radius 3 is 2.30 bits per heavy atom. The zero-order valence-corrected chi connectivity index (χ0v) is 13.0. The molecular formula is C14H25N5O. The van der Waals surface area contributed by atoms with Gasteiger partial charge in [-0.05, 0) is 32.3 Å². The van der Waals surface area contributed by atoms with Gasteiger partial charge in [0.25, 0.3) is 0 Å². The van der Waals surface area contributed by atoms with Gasteiger partial charge in [-0.2, -0.15) is 5.10 Å². The first-order valence-corrected chi connectivity index (χ1v) is 6.87. The normalized spacial score (nSPS) is 11.5. The Morgan fingerprint density at radius 1 is 1.30 bits per heavy atom. The SMILES string of the molecule is CCc1nnc(N(C)C(C)(C)CO)c(C(=N)N)c1CC. The van der Waals surface area contributed by atoms with Gasteiger partial charge in [0, 0.05) is 7.05 Å². The molecule has 4 N–H and O–H groups in total. The van der Waals surface area contributed by atoms with E-state index in [1.807, 2.05) is 39.6 Å². The summed E-state index contributed by atoms with van der Waals surface area (Å²) in [5, 5.41) is 25.9. The third-order valence-electron chi connectivity index (χ3n) is 3.71. The Labute approximate surface area is 120 Å². The Balaban J connectivity index is 3.52. The Kier molecular flexibility index (Phi) is 5.05. The van der Waals surface area contributed by atoms with E-state index in [0.29, 0.717) is 11.4 Å². The second-order valence-corrected chi connectivity index (χ2v) is 5.47. The van der Waals surface area contributed by atoms with Gasteiger partial charge in [0.2, 0.25) is 0 Å². The van der Waals surface area contributed by atoms with Crippen LogP contribution in [0, 0.1) is 5.41 Å². The average molecular weight is 279 g/mol. The van der Waals surface area contributed by atoms with Crippen molar-refractivity contribution in [1.29, 1.82) is 5.41 Å². The molecule has 0 fully saturated rings. The summed E-state index contributed by atoms with van der Waals surface area (Å²) >= 11 is 0. The monoisotopic (exact) mass is 279 g/mol. The standard InChI is InChI=1S/C14H25N5O/c1-6-9-10(7-2)17-18-13(11(9)12(15)16)19(5)14(3,4)8-20/h20H,6-8H2,1-5H3,(H3,15,16). The van der Waals surface area contributed by atoms with Crippen LogP contribution in [0.2, 0.25) is 0 Å². The summed E-state index contributed by atoms with van der Waals surface area (Å²) in [5.41, 5.74) is 7.72. The van der Waals surface area contributed by atoms with Crippen molar-refractivity contribution in [1.82, 2.24) is 10.2 Å². The fourth-order valence-corrected chi connectivity index (χ4v) is 2.07. The predicted molar refractivity (Wildman–Crippen MR) is 81.4 cm³/mol. The number of nitrogens with two attached hydrogens (primary N) is 1. The van der Waals surface area contributed by atoms with Crippen LogP contribution in [-0.2, 0) is 12.8 Å². The van der Waals surface area contributed by atoms with Gasteiger partial charge in [0.15, 0.2) is 5.82 Å². The van der Waals surface area contributed by atoms with Crippen molar-refractivity contribution < 1.29 is 5.11 Å². The van der Waals surface area contributed by atoms with Gasteiger partial charge in [-0.25, -0.2) is 0 Å². The van der Waals surface area contributed by atoms with Crippen LogP contribution in [0.1, 0.15) is 44.5 Å². The van der Waals surface area contributed by atoms with Crippen LogP contribution in [0.3, 0.4) is 0 Å². The lowest BCUT2D eigenvalue weighted by Crippen LogP contribution is -2.46. The number of aliphatic hydroxyl groups excluding tert-OH is 1. The number of rotatable bonds is 6. The van der Waals surface area contributed by atoms with Gasteiger partial charge in [-0.1, -0.05) is 13.8 Å². The van der Waals surface area contributed by atoms with E-state index >= 15 is 0 Å². The second-order valence-electron chi connectivity index (χ2n) is 5.47. The minimum atomic E-state index is -0.502. The van der Waals surface area contributed by atoms with Crippen LogP contribution < -0.4 is 10.6 Å². The maximum absolute atomic E-state index is 9.51. The Morgan fingerprint density at radius 2 is 1.90 bits per heavy atom. The number of hydrogen-bond donors (Lipinski definition) is 3. The van der Waals surface area contributed by atoms with Gasteiger partial charge in [0.05, 0.1) is 23.4 Å². The van der Waals surface area contributed by atoms with E-state index in [9.17, 15) is 5.11 Å². The van der Waals surface area contributed by atoms with Crippen molar-refractivity contribution in [3.8, 4) is 0 Å². The summed E-state index contributed by atoms with van der Waals surface area (Å²) in [7, 11) is 1.83. The van der Waals surface area contributed by atoms with Crippen molar-refractivity contribution in [2.24, 2.45) is 5.73 Å². The van der Waals surface area contributed by atoms with Crippen LogP contribution >= 0.6 is 0 Å². The lowest BCUT2D eigenvalue weighted by Gasteiger charge is -2.36. The topological polar surface area (TPSA) is 99.1 Å². The van der Waals surface area contributed by atoms with E-state index in [0.717, 1.165) is 24.1 Å². The van der Waals surface area contributed by atoms with Crippen molar-refractivity contribution >= 4 is 11.7 Å². The molecule has 0 atom stereocenters. The van der Waals surface area contributed by atoms with Crippen LogP contribution in [0.15, 0.2) is 0 Å². The highest BCUT2D eigenvalue weighted by molar-refractivity contribution is 6.01. The second kappa shape index (κ2) is 6.17. The highest BCUT2D eigenvalue weighted by atomic mass is 16.3. The lowest BCUT2D eigenvalue weighted by molar-refractivity contribution is 0.215. The van der Waals surface area contributed by atoms with E-state index in [2.05, 4.69) is 10.2 Å². The molecule has 6 nitrogen and oxygen atoms in total. The molecule has 20 heavy (non-hydrogen) atoms. The zero-order valence-electron chi connectivity index (χ0n) is 13.0. The molecule has 1 aromatic heterocycles. The number of nitrogens with one attached hydrogen (secondary N) is 1. The highest BCUT2D eigenvalue weighted by Crippen LogP contribution is 2.27. The number of likely N-dealkylation sites (N-methyl/N-ethyl adjacent to an activating group) is 1. The van der Waals surface area contributed by atoms with Crippen molar-refractivity contribution in [3.05, 3.63) is 16.8 Å². The molecule has 1 aromatic rings. The van der Waals surface area contributed by atoms with Gasteiger partial charge in [-0.3, -0.25) is 5.41 Å². The fourth-order valence-electron chi connectivity index (χ4n) is 2.07. The Hall–Kier alpha value is -1.69. The van der Waals surface area contributed by atoms with Gasteiger partial charge >= 0.3 is 0 Å². The zero-order chi connectivity index (χ0) is 15.5. The summed E-state index contributed by atoms with van der Waals surface area (Å²) in [5.74, 6) is 0.535. The first-order valence-electron chi connectivity index (χ1n) is 6.87. The first kappa shape index (κ1) is 16.4. The predicted octanol–water partition coefficient (Wildman–Crippen LogP) is 1.09. The lowest BCUT2D eigenvalue weighted by atomic mass is 9.99. The summed E-state index contributed by atoms with van der Waals surface area (Å²) < 4.78 is 0. The number of hydrogen-bond acceptors (Lipinski definition) is 5. The first-order chi connectivity index (χ1) is 9.30. The number of anilines is 1. The summed E-state index contributed by atoms with van der Waals surface area (Å²) in [4.78, 5) is 1.83. The molecule has 0 radical (unpaired) electrons. The van der Waals surface area contributed by atoms with E-state index in [1.165, 1.54) is 0 Å². The van der Waals surface area contributed by atoms with Crippen LogP contribution in [0.25, 0.3) is 0 Å². The number of aryl methyl sites for hydroxylation is 1. The van der Waals surface area contributed by atoms with E-state index in [4.69, 9.17) is 11.1 Å².